The fourth-order valence-electron chi connectivity index (χ4n) is 4.96. The lowest BCUT2D eigenvalue weighted by Gasteiger charge is -2.39. The Balaban J connectivity index is 1.28. The second-order valence-corrected chi connectivity index (χ2v) is 9.91. The first-order chi connectivity index (χ1) is 18.4. The standard InChI is InChI=1S/C30H31N4O4/c1-34(19-23-12-13-30(31-18-23)32-26-10-6-7-11-27(26)33(35)36)15-14-24-16-28(37-2)29(17-25(24)20-34)38-21-22-8-4-3-5-9-22/h3-13,16-18H,14-15,19-21H2,1-2H3,(H,31,32)/q+1. The molecule has 1 N–H and O–H groups in total. The molecule has 1 aromatic heterocycles. The normalized spacial score (nSPS) is 16.4. The summed E-state index contributed by atoms with van der Waals surface area (Å²) in [6.07, 6.45) is 2.80. The molecule has 1 atom stereocenters. The molecule has 5 rings (SSSR count). The topological polar surface area (TPSA) is 86.5 Å². The van der Waals surface area contributed by atoms with E-state index in [4.69, 9.17) is 9.47 Å². The molecule has 0 radical (unpaired) electrons. The number of ether oxygens (including phenoxy) is 2. The summed E-state index contributed by atoms with van der Waals surface area (Å²) in [5.41, 5.74) is 5.23. The smallest absolute Gasteiger partial charge is 0.292 e. The average Bonchev–Trinajstić information content (AvgIpc) is 2.93. The highest BCUT2D eigenvalue weighted by atomic mass is 16.6. The summed E-state index contributed by atoms with van der Waals surface area (Å²) in [6.45, 7) is 3.18. The molecule has 194 valence electrons. The third-order valence-corrected chi connectivity index (χ3v) is 6.95. The van der Waals surface area contributed by atoms with Gasteiger partial charge in [-0.3, -0.25) is 10.1 Å². The number of anilines is 2. The number of nitrogens with one attached hydrogen (secondary N) is 1. The van der Waals surface area contributed by atoms with E-state index in [0.717, 1.165) is 53.2 Å². The van der Waals surface area contributed by atoms with Gasteiger partial charge in [0.25, 0.3) is 5.69 Å². The largest absolute Gasteiger partial charge is 0.493 e. The number of nitro groups is 1. The Labute approximate surface area is 222 Å². The van der Waals surface area contributed by atoms with Crippen LogP contribution in [0.25, 0.3) is 0 Å². The molecule has 0 saturated carbocycles. The van der Waals surface area contributed by atoms with E-state index in [1.807, 2.05) is 36.5 Å². The molecule has 8 nitrogen and oxygen atoms in total. The van der Waals surface area contributed by atoms with Crippen LogP contribution < -0.4 is 14.8 Å². The van der Waals surface area contributed by atoms with Crippen molar-refractivity contribution in [2.45, 2.75) is 26.1 Å². The summed E-state index contributed by atoms with van der Waals surface area (Å²) in [5, 5.41) is 14.4. The van der Waals surface area contributed by atoms with Gasteiger partial charge >= 0.3 is 0 Å². The molecule has 38 heavy (non-hydrogen) atoms. The SMILES string of the molecule is COc1cc2c(cc1OCc1ccccc1)C[N+](C)(Cc1ccc(Nc3ccccc3[N+](=O)[O-])nc1)CC2. The van der Waals surface area contributed by atoms with E-state index in [1.165, 1.54) is 17.2 Å². The number of hydrogen-bond acceptors (Lipinski definition) is 6. The number of likely N-dealkylation sites (N-methyl/N-ethyl adjacent to an activating group) is 1. The highest BCUT2D eigenvalue weighted by Gasteiger charge is 2.30. The Morgan fingerprint density at radius 3 is 2.47 bits per heavy atom. The second-order valence-electron chi connectivity index (χ2n) is 9.91. The van der Waals surface area contributed by atoms with Crippen LogP contribution in [-0.4, -0.2) is 35.1 Å². The molecule has 0 saturated heterocycles. The average molecular weight is 512 g/mol. The Bertz CT molecular complexity index is 1430. The maximum absolute atomic E-state index is 11.3. The van der Waals surface area contributed by atoms with Crippen molar-refractivity contribution < 1.29 is 18.9 Å². The maximum atomic E-state index is 11.3. The van der Waals surface area contributed by atoms with E-state index in [1.54, 1.807) is 25.3 Å². The number of nitrogens with zero attached hydrogens (tertiary/aromatic N) is 3. The van der Waals surface area contributed by atoms with Gasteiger partial charge in [-0.15, -0.1) is 0 Å². The molecule has 0 fully saturated rings. The van der Waals surface area contributed by atoms with E-state index in [9.17, 15) is 10.1 Å². The zero-order valence-electron chi connectivity index (χ0n) is 21.6. The van der Waals surface area contributed by atoms with Gasteiger partial charge in [-0.05, 0) is 41.5 Å². The summed E-state index contributed by atoms with van der Waals surface area (Å²) in [5.74, 6) is 2.10. The van der Waals surface area contributed by atoms with Crippen LogP contribution in [0.3, 0.4) is 0 Å². The minimum absolute atomic E-state index is 0.0205. The van der Waals surface area contributed by atoms with E-state index in [-0.39, 0.29) is 5.69 Å². The molecule has 3 aromatic carbocycles. The van der Waals surface area contributed by atoms with Crippen molar-refractivity contribution in [3.05, 3.63) is 117 Å². The van der Waals surface area contributed by atoms with Crippen LogP contribution in [0, 0.1) is 10.1 Å². The quantitative estimate of drug-likeness (QED) is 0.168. The lowest BCUT2D eigenvalue weighted by Crippen LogP contribution is -2.46. The van der Waals surface area contributed by atoms with Gasteiger partial charge in [-0.1, -0.05) is 42.5 Å². The van der Waals surface area contributed by atoms with Crippen molar-refractivity contribution in [1.29, 1.82) is 0 Å². The van der Waals surface area contributed by atoms with Crippen LogP contribution in [0.15, 0.2) is 85.1 Å². The van der Waals surface area contributed by atoms with Gasteiger partial charge in [-0.25, -0.2) is 4.98 Å². The Kier molecular flexibility index (Phi) is 7.24. The number of nitro benzene ring substituents is 1. The molecule has 0 bridgehead atoms. The van der Waals surface area contributed by atoms with Gasteiger partial charge in [0.2, 0.25) is 0 Å². The molecular formula is C30H31N4O4+. The van der Waals surface area contributed by atoms with Gasteiger partial charge in [-0.2, -0.15) is 0 Å². The molecule has 4 aromatic rings. The first kappa shape index (κ1) is 25.2. The summed E-state index contributed by atoms with van der Waals surface area (Å²) < 4.78 is 12.6. The van der Waals surface area contributed by atoms with Gasteiger partial charge in [0, 0.05) is 29.8 Å². The number of pyridine rings is 1. The number of fused-ring (bicyclic) bond motifs is 1. The number of benzene rings is 3. The minimum atomic E-state index is -0.399. The third-order valence-electron chi connectivity index (χ3n) is 6.95. The summed E-state index contributed by atoms with van der Waals surface area (Å²) in [7, 11) is 3.94. The highest BCUT2D eigenvalue weighted by molar-refractivity contribution is 5.67. The van der Waals surface area contributed by atoms with Crippen molar-refractivity contribution in [2.75, 3.05) is 26.0 Å². The van der Waals surface area contributed by atoms with Crippen molar-refractivity contribution in [3.8, 4) is 11.5 Å². The fourth-order valence-corrected chi connectivity index (χ4v) is 4.96. The maximum Gasteiger partial charge on any atom is 0.292 e. The zero-order chi connectivity index (χ0) is 26.5. The number of aromatic nitrogens is 1. The van der Waals surface area contributed by atoms with Gasteiger partial charge in [0.15, 0.2) is 11.5 Å². The van der Waals surface area contributed by atoms with Crippen molar-refractivity contribution in [2.24, 2.45) is 0 Å². The van der Waals surface area contributed by atoms with E-state index >= 15 is 0 Å². The predicted octanol–water partition coefficient (Wildman–Crippen LogP) is 6.02. The van der Waals surface area contributed by atoms with E-state index in [2.05, 4.69) is 41.6 Å². The number of rotatable bonds is 9. The molecule has 1 aliphatic heterocycles. The van der Waals surface area contributed by atoms with Crippen LogP contribution in [0.4, 0.5) is 17.2 Å². The summed E-state index contributed by atoms with van der Waals surface area (Å²) >= 11 is 0. The molecule has 1 aliphatic rings. The summed E-state index contributed by atoms with van der Waals surface area (Å²) in [6, 6.07) is 24.8. The van der Waals surface area contributed by atoms with E-state index < -0.39 is 4.92 Å². The molecule has 0 amide bonds. The molecular weight excluding hydrogens is 480 g/mol. The van der Waals surface area contributed by atoms with Gasteiger partial charge in [0.1, 0.15) is 31.2 Å². The fraction of sp³-hybridized carbons (Fsp3) is 0.233. The predicted molar refractivity (Wildman–Crippen MR) is 147 cm³/mol. The van der Waals surface area contributed by atoms with Crippen LogP contribution in [0.1, 0.15) is 22.3 Å². The first-order valence-electron chi connectivity index (χ1n) is 12.6. The van der Waals surface area contributed by atoms with Crippen molar-refractivity contribution in [1.82, 2.24) is 4.98 Å². The lowest BCUT2D eigenvalue weighted by molar-refractivity contribution is -0.937. The van der Waals surface area contributed by atoms with Crippen molar-refractivity contribution in [3.63, 3.8) is 0 Å². The number of para-hydroxylation sites is 2. The summed E-state index contributed by atoms with van der Waals surface area (Å²) in [4.78, 5) is 15.4. The number of quaternary nitrogens is 1. The molecule has 0 spiro atoms. The zero-order valence-corrected chi connectivity index (χ0v) is 21.6. The second kappa shape index (κ2) is 10.9. The Morgan fingerprint density at radius 2 is 1.74 bits per heavy atom. The van der Waals surface area contributed by atoms with Gasteiger partial charge in [0.05, 0.1) is 25.6 Å². The number of methoxy groups -OCH3 is 1. The monoisotopic (exact) mass is 511 g/mol. The molecule has 2 heterocycles. The van der Waals surface area contributed by atoms with Crippen LogP contribution in [-0.2, 0) is 26.1 Å². The van der Waals surface area contributed by atoms with Crippen LogP contribution in [0.2, 0.25) is 0 Å². The van der Waals surface area contributed by atoms with Crippen LogP contribution in [0.5, 0.6) is 11.5 Å². The molecule has 0 aliphatic carbocycles. The lowest BCUT2D eigenvalue weighted by atomic mass is 9.96. The Hall–Kier alpha value is -4.43. The van der Waals surface area contributed by atoms with Gasteiger partial charge < -0.3 is 19.3 Å². The highest BCUT2D eigenvalue weighted by Crippen LogP contribution is 2.36. The van der Waals surface area contributed by atoms with Crippen molar-refractivity contribution >= 4 is 17.2 Å². The number of hydrogen-bond donors (Lipinski definition) is 1. The van der Waals surface area contributed by atoms with Crippen LogP contribution >= 0.6 is 0 Å². The third kappa shape index (κ3) is 5.76. The molecule has 8 heteroatoms. The minimum Gasteiger partial charge on any atom is -0.493 e. The van der Waals surface area contributed by atoms with E-state index in [0.29, 0.717) is 18.1 Å². The Morgan fingerprint density at radius 1 is 0.974 bits per heavy atom. The molecule has 1 unspecified atom stereocenters. The first-order valence-corrected chi connectivity index (χ1v) is 12.6.